The molecule has 5 heteroatoms. The molecule has 4 nitrogen and oxygen atoms in total. The van der Waals surface area contributed by atoms with Gasteiger partial charge in [0.05, 0.1) is 6.04 Å². The number of hydrogen-bond donors (Lipinski definition) is 2. The molecule has 0 spiro atoms. The lowest BCUT2D eigenvalue weighted by atomic mass is 10.0. The summed E-state index contributed by atoms with van der Waals surface area (Å²) in [5.41, 5.74) is 0. The standard InChI is InChI=1S/C9H15FN2O2/c10-6-5-11-3-1-7(6)12-4-2-8(13)9(12)14/h6-8,11,13H,1-5H2/t6-,7+,8+/m0/s1. The van der Waals surface area contributed by atoms with E-state index in [0.29, 0.717) is 25.9 Å². The summed E-state index contributed by atoms with van der Waals surface area (Å²) in [7, 11) is 0. The SMILES string of the molecule is O=C1[C@H](O)CCN1[C@@H]1CCNC[C@@H]1F. The zero-order chi connectivity index (χ0) is 10.1. The van der Waals surface area contributed by atoms with Crippen LogP contribution in [0.25, 0.3) is 0 Å². The molecule has 0 aromatic rings. The van der Waals surface area contributed by atoms with Crippen molar-refractivity contribution in [1.29, 1.82) is 0 Å². The van der Waals surface area contributed by atoms with Crippen LogP contribution in [0.4, 0.5) is 4.39 Å². The Morgan fingerprint density at radius 3 is 2.86 bits per heavy atom. The number of carbonyl (C=O) groups is 1. The molecular weight excluding hydrogens is 187 g/mol. The second-order valence-electron chi connectivity index (χ2n) is 3.91. The van der Waals surface area contributed by atoms with Crippen LogP contribution in [0.15, 0.2) is 0 Å². The molecule has 2 saturated heterocycles. The summed E-state index contributed by atoms with van der Waals surface area (Å²) in [6.45, 7) is 1.54. The van der Waals surface area contributed by atoms with E-state index in [4.69, 9.17) is 0 Å². The van der Waals surface area contributed by atoms with E-state index in [9.17, 15) is 14.3 Å². The minimum absolute atomic E-state index is 0.306. The lowest BCUT2D eigenvalue weighted by molar-refractivity contribution is -0.138. The van der Waals surface area contributed by atoms with E-state index >= 15 is 0 Å². The second kappa shape index (κ2) is 3.82. The number of rotatable bonds is 1. The minimum Gasteiger partial charge on any atom is -0.383 e. The van der Waals surface area contributed by atoms with E-state index in [1.165, 1.54) is 4.90 Å². The normalized spacial score (nSPS) is 39.1. The number of carbonyl (C=O) groups excluding carboxylic acids is 1. The molecule has 14 heavy (non-hydrogen) atoms. The first-order chi connectivity index (χ1) is 6.70. The van der Waals surface area contributed by atoms with Crippen molar-refractivity contribution in [3.63, 3.8) is 0 Å². The molecule has 2 heterocycles. The lowest BCUT2D eigenvalue weighted by Gasteiger charge is -2.34. The quantitative estimate of drug-likeness (QED) is 0.590. The molecule has 1 amide bonds. The van der Waals surface area contributed by atoms with Crippen LogP contribution in [0.1, 0.15) is 12.8 Å². The number of nitrogens with one attached hydrogen (secondary N) is 1. The first-order valence-electron chi connectivity index (χ1n) is 5.03. The van der Waals surface area contributed by atoms with Gasteiger partial charge in [-0.15, -0.1) is 0 Å². The highest BCUT2D eigenvalue weighted by Crippen LogP contribution is 2.21. The molecule has 0 radical (unpaired) electrons. The molecule has 0 saturated carbocycles. The first kappa shape index (κ1) is 9.86. The van der Waals surface area contributed by atoms with E-state index in [1.54, 1.807) is 0 Å². The van der Waals surface area contributed by atoms with Gasteiger partial charge < -0.3 is 15.3 Å². The highest BCUT2D eigenvalue weighted by molar-refractivity contribution is 5.83. The summed E-state index contributed by atoms with van der Waals surface area (Å²) in [6.07, 6.45) is -0.829. The summed E-state index contributed by atoms with van der Waals surface area (Å²) in [6, 6.07) is -0.332. The van der Waals surface area contributed by atoms with Gasteiger partial charge in [-0.25, -0.2) is 4.39 Å². The monoisotopic (exact) mass is 202 g/mol. The van der Waals surface area contributed by atoms with Crippen molar-refractivity contribution in [1.82, 2.24) is 10.2 Å². The van der Waals surface area contributed by atoms with Crippen molar-refractivity contribution in [2.45, 2.75) is 31.2 Å². The lowest BCUT2D eigenvalue weighted by Crippen LogP contribution is -2.52. The Morgan fingerprint density at radius 1 is 1.50 bits per heavy atom. The third kappa shape index (κ3) is 1.62. The summed E-state index contributed by atoms with van der Waals surface area (Å²) < 4.78 is 13.5. The number of alkyl halides is 1. The Balaban J connectivity index is 2.03. The van der Waals surface area contributed by atoms with Gasteiger partial charge in [-0.1, -0.05) is 0 Å². The van der Waals surface area contributed by atoms with Crippen LogP contribution in [-0.2, 0) is 4.79 Å². The van der Waals surface area contributed by atoms with Crippen molar-refractivity contribution in [2.75, 3.05) is 19.6 Å². The molecule has 2 fully saturated rings. The third-order valence-electron chi connectivity index (χ3n) is 2.99. The number of aliphatic hydroxyl groups is 1. The van der Waals surface area contributed by atoms with Crippen LogP contribution < -0.4 is 5.32 Å². The van der Waals surface area contributed by atoms with Crippen molar-refractivity contribution in [3.05, 3.63) is 0 Å². The van der Waals surface area contributed by atoms with Gasteiger partial charge in [-0.3, -0.25) is 4.79 Å². The van der Waals surface area contributed by atoms with Gasteiger partial charge in [0.1, 0.15) is 12.3 Å². The highest BCUT2D eigenvalue weighted by Gasteiger charge is 2.39. The number of halogens is 1. The van der Waals surface area contributed by atoms with Crippen LogP contribution in [0.5, 0.6) is 0 Å². The molecular formula is C9H15FN2O2. The van der Waals surface area contributed by atoms with Crippen molar-refractivity contribution < 1.29 is 14.3 Å². The average molecular weight is 202 g/mol. The zero-order valence-electron chi connectivity index (χ0n) is 7.95. The van der Waals surface area contributed by atoms with Gasteiger partial charge in [0.25, 0.3) is 5.91 Å². The van der Waals surface area contributed by atoms with Crippen molar-refractivity contribution >= 4 is 5.91 Å². The van der Waals surface area contributed by atoms with E-state index in [-0.39, 0.29) is 11.9 Å². The van der Waals surface area contributed by atoms with Crippen LogP contribution >= 0.6 is 0 Å². The molecule has 2 rings (SSSR count). The Kier molecular flexibility index (Phi) is 2.69. The Labute approximate surface area is 82.1 Å². The number of aliphatic hydroxyl groups excluding tert-OH is 1. The van der Waals surface area contributed by atoms with E-state index in [2.05, 4.69) is 5.32 Å². The van der Waals surface area contributed by atoms with Gasteiger partial charge in [0.15, 0.2) is 0 Å². The first-order valence-corrected chi connectivity index (χ1v) is 5.03. The maximum atomic E-state index is 13.5. The van der Waals surface area contributed by atoms with Gasteiger partial charge in [-0.05, 0) is 19.4 Å². The number of hydrogen-bond acceptors (Lipinski definition) is 3. The number of nitrogens with zero attached hydrogens (tertiary/aromatic N) is 1. The van der Waals surface area contributed by atoms with Gasteiger partial charge in [0.2, 0.25) is 0 Å². The molecule has 2 aliphatic rings. The smallest absolute Gasteiger partial charge is 0.251 e. The van der Waals surface area contributed by atoms with E-state index in [0.717, 1.165) is 6.54 Å². The number of amides is 1. The number of piperidine rings is 1. The maximum absolute atomic E-state index is 13.5. The Morgan fingerprint density at radius 2 is 2.29 bits per heavy atom. The summed E-state index contributed by atoms with van der Waals surface area (Å²) >= 11 is 0. The van der Waals surface area contributed by atoms with Gasteiger partial charge in [-0.2, -0.15) is 0 Å². The van der Waals surface area contributed by atoms with Crippen LogP contribution in [-0.4, -0.2) is 53.9 Å². The van der Waals surface area contributed by atoms with Crippen LogP contribution in [0.3, 0.4) is 0 Å². The zero-order valence-corrected chi connectivity index (χ0v) is 7.95. The second-order valence-corrected chi connectivity index (χ2v) is 3.91. The molecule has 0 unspecified atom stereocenters. The Hall–Kier alpha value is -0.680. The molecule has 0 aromatic heterocycles. The van der Waals surface area contributed by atoms with E-state index in [1.807, 2.05) is 0 Å². The Bertz CT molecular complexity index is 237. The fourth-order valence-corrected chi connectivity index (χ4v) is 2.17. The molecule has 3 atom stereocenters. The third-order valence-corrected chi connectivity index (χ3v) is 2.99. The predicted octanol–water partition coefficient (Wildman–Crippen LogP) is -0.720. The summed E-state index contributed by atoms with van der Waals surface area (Å²) in [5.74, 6) is -0.306. The largest absolute Gasteiger partial charge is 0.383 e. The fourth-order valence-electron chi connectivity index (χ4n) is 2.17. The maximum Gasteiger partial charge on any atom is 0.251 e. The molecule has 2 N–H and O–H groups in total. The molecule has 0 bridgehead atoms. The summed E-state index contributed by atoms with van der Waals surface area (Å²) in [4.78, 5) is 12.9. The molecule has 0 aromatic carbocycles. The van der Waals surface area contributed by atoms with Crippen molar-refractivity contribution in [2.24, 2.45) is 0 Å². The fraction of sp³-hybridized carbons (Fsp3) is 0.889. The van der Waals surface area contributed by atoms with Crippen LogP contribution in [0, 0.1) is 0 Å². The topological polar surface area (TPSA) is 52.6 Å². The molecule has 80 valence electrons. The highest BCUT2D eigenvalue weighted by atomic mass is 19.1. The molecule has 2 aliphatic heterocycles. The predicted molar refractivity (Wildman–Crippen MR) is 48.5 cm³/mol. The van der Waals surface area contributed by atoms with Gasteiger partial charge >= 0.3 is 0 Å². The summed E-state index contributed by atoms with van der Waals surface area (Å²) in [5, 5.41) is 12.2. The van der Waals surface area contributed by atoms with Gasteiger partial charge in [0, 0.05) is 13.1 Å². The molecule has 0 aliphatic carbocycles. The number of likely N-dealkylation sites (tertiary alicyclic amines) is 1. The van der Waals surface area contributed by atoms with Crippen molar-refractivity contribution in [3.8, 4) is 0 Å². The van der Waals surface area contributed by atoms with Crippen LogP contribution in [0.2, 0.25) is 0 Å². The van der Waals surface area contributed by atoms with E-state index < -0.39 is 12.3 Å². The average Bonchev–Trinajstić information content (AvgIpc) is 2.49. The minimum atomic E-state index is -1.00.